The standard InChI is InChI=1S/C12H20N2O3S2/c1-10(9-18-2)14-19(15,16)8-7-17-12-5-3-11(13)4-6-12/h3-6,10,14H,7-9,13H2,1-2H3. The molecule has 0 aliphatic heterocycles. The Morgan fingerprint density at radius 2 is 2.00 bits per heavy atom. The maximum absolute atomic E-state index is 11.7. The minimum Gasteiger partial charge on any atom is -0.492 e. The summed E-state index contributed by atoms with van der Waals surface area (Å²) in [6, 6.07) is 6.78. The number of rotatable bonds is 8. The summed E-state index contributed by atoms with van der Waals surface area (Å²) >= 11 is 1.60. The van der Waals surface area contributed by atoms with E-state index in [2.05, 4.69) is 4.72 Å². The first-order chi connectivity index (χ1) is 8.93. The van der Waals surface area contributed by atoms with Gasteiger partial charge in [-0.25, -0.2) is 13.1 Å². The van der Waals surface area contributed by atoms with Crippen LogP contribution in [-0.2, 0) is 10.0 Å². The van der Waals surface area contributed by atoms with Crippen molar-refractivity contribution in [2.45, 2.75) is 13.0 Å². The highest BCUT2D eigenvalue weighted by atomic mass is 32.2. The molecule has 0 spiro atoms. The normalized spacial score (nSPS) is 13.2. The Kier molecular flexibility index (Phi) is 6.47. The van der Waals surface area contributed by atoms with E-state index in [4.69, 9.17) is 10.5 Å². The van der Waals surface area contributed by atoms with Gasteiger partial charge in [-0.3, -0.25) is 0 Å². The second kappa shape index (κ2) is 7.62. The number of thioether (sulfide) groups is 1. The van der Waals surface area contributed by atoms with Gasteiger partial charge in [0.25, 0.3) is 0 Å². The van der Waals surface area contributed by atoms with Crippen LogP contribution in [0.4, 0.5) is 5.69 Å². The predicted octanol–water partition coefficient (Wildman–Crippen LogP) is 1.32. The minimum absolute atomic E-state index is 0.0594. The molecule has 3 N–H and O–H groups in total. The van der Waals surface area contributed by atoms with Gasteiger partial charge < -0.3 is 10.5 Å². The Labute approximate surface area is 119 Å². The van der Waals surface area contributed by atoms with Gasteiger partial charge >= 0.3 is 0 Å². The molecule has 1 aromatic rings. The summed E-state index contributed by atoms with van der Waals surface area (Å²) in [7, 11) is -3.29. The SMILES string of the molecule is CSCC(C)NS(=O)(=O)CCOc1ccc(N)cc1. The van der Waals surface area contributed by atoms with Crippen LogP contribution in [0.1, 0.15) is 6.92 Å². The van der Waals surface area contributed by atoms with Gasteiger partial charge in [-0.1, -0.05) is 0 Å². The van der Waals surface area contributed by atoms with Gasteiger partial charge in [0.15, 0.2) is 0 Å². The van der Waals surface area contributed by atoms with Crippen molar-refractivity contribution in [3.63, 3.8) is 0 Å². The van der Waals surface area contributed by atoms with E-state index in [0.29, 0.717) is 11.4 Å². The van der Waals surface area contributed by atoms with Gasteiger partial charge in [0, 0.05) is 17.5 Å². The molecule has 5 nitrogen and oxygen atoms in total. The van der Waals surface area contributed by atoms with Crippen LogP contribution in [0.15, 0.2) is 24.3 Å². The highest BCUT2D eigenvalue weighted by Gasteiger charge is 2.14. The van der Waals surface area contributed by atoms with Crippen LogP contribution in [0.3, 0.4) is 0 Å². The summed E-state index contributed by atoms with van der Waals surface area (Å²) < 4.78 is 31.4. The van der Waals surface area contributed by atoms with Gasteiger partial charge in [-0.15, -0.1) is 0 Å². The zero-order valence-electron chi connectivity index (χ0n) is 11.1. The van der Waals surface area contributed by atoms with E-state index in [1.54, 1.807) is 36.0 Å². The van der Waals surface area contributed by atoms with Crippen molar-refractivity contribution in [2.75, 3.05) is 30.1 Å². The molecular formula is C12H20N2O3S2. The summed E-state index contributed by atoms with van der Waals surface area (Å²) in [4.78, 5) is 0. The highest BCUT2D eigenvalue weighted by Crippen LogP contribution is 2.12. The van der Waals surface area contributed by atoms with Crippen LogP contribution in [-0.4, -0.2) is 38.8 Å². The first kappa shape index (κ1) is 16.1. The third-order valence-electron chi connectivity index (χ3n) is 2.30. The topological polar surface area (TPSA) is 81.4 Å². The monoisotopic (exact) mass is 304 g/mol. The molecule has 0 saturated heterocycles. The molecule has 0 amide bonds. The van der Waals surface area contributed by atoms with Gasteiger partial charge in [0.1, 0.15) is 12.4 Å². The summed E-state index contributed by atoms with van der Waals surface area (Å²) in [5.41, 5.74) is 6.19. The van der Waals surface area contributed by atoms with Crippen molar-refractivity contribution >= 4 is 27.5 Å². The Balaban J connectivity index is 2.37. The summed E-state index contributed by atoms with van der Waals surface area (Å²) in [5, 5.41) is 0. The summed E-state index contributed by atoms with van der Waals surface area (Å²) in [6.45, 7) is 1.96. The van der Waals surface area contributed by atoms with Gasteiger partial charge in [-0.05, 0) is 37.4 Å². The molecule has 1 atom stereocenters. The zero-order chi connectivity index (χ0) is 14.3. The molecule has 1 rings (SSSR count). The van der Waals surface area contributed by atoms with Crippen LogP contribution >= 0.6 is 11.8 Å². The first-order valence-electron chi connectivity index (χ1n) is 5.90. The lowest BCUT2D eigenvalue weighted by Gasteiger charge is -2.13. The van der Waals surface area contributed by atoms with Crippen molar-refractivity contribution in [3.8, 4) is 5.75 Å². The number of benzene rings is 1. The molecule has 0 aliphatic rings. The van der Waals surface area contributed by atoms with Crippen LogP contribution in [0.5, 0.6) is 5.75 Å². The molecule has 0 fully saturated rings. The molecule has 1 unspecified atom stereocenters. The number of hydrogen-bond acceptors (Lipinski definition) is 5. The summed E-state index contributed by atoms with van der Waals surface area (Å²) in [5.74, 6) is 1.30. The average Bonchev–Trinajstić information content (AvgIpc) is 2.31. The number of ether oxygens (including phenoxy) is 1. The van der Waals surface area contributed by atoms with Gasteiger partial charge in [0.2, 0.25) is 10.0 Å². The molecule has 0 radical (unpaired) electrons. The quantitative estimate of drug-likeness (QED) is 0.708. The molecule has 1 aromatic carbocycles. The van der Waals surface area contributed by atoms with Crippen molar-refractivity contribution in [2.24, 2.45) is 0 Å². The van der Waals surface area contributed by atoms with Gasteiger partial charge in [0.05, 0.1) is 5.75 Å². The molecular weight excluding hydrogens is 284 g/mol. The number of anilines is 1. The Morgan fingerprint density at radius 1 is 1.37 bits per heavy atom. The van der Waals surface area contributed by atoms with E-state index in [-0.39, 0.29) is 18.4 Å². The highest BCUT2D eigenvalue weighted by molar-refractivity contribution is 7.98. The number of nitrogens with one attached hydrogen (secondary N) is 1. The fourth-order valence-corrected chi connectivity index (χ4v) is 3.29. The van der Waals surface area contributed by atoms with Gasteiger partial charge in [-0.2, -0.15) is 11.8 Å². The molecule has 108 valence electrons. The maximum Gasteiger partial charge on any atom is 0.215 e. The lowest BCUT2D eigenvalue weighted by Crippen LogP contribution is -2.37. The lowest BCUT2D eigenvalue weighted by molar-refractivity contribution is 0.340. The summed E-state index contributed by atoms with van der Waals surface area (Å²) in [6.07, 6.45) is 1.94. The fraction of sp³-hybridized carbons (Fsp3) is 0.500. The average molecular weight is 304 g/mol. The third kappa shape index (κ3) is 6.70. The molecule has 19 heavy (non-hydrogen) atoms. The molecule has 7 heteroatoms. The number of hydrogen-bond donors (Lipinski definition) is 2. The lowest BCUT2D eigenvalue weighted by atomic mass is 10.3. The van der Waals surface area contributed by atoms with E-state index in [9.17, 15) is 8.42 Å². The van der Waals surface area contributed by atoms with Crippen molar-refractivity contribution in [1.29, 1.82) is 0 Å². The van der Waals surface area contributed by atoms with E-state index in [0.717, 1.165) is 5.75 Å². The predicted molar refractivity (Wildman–Crippen MR) is 81.1 cm³/mol. The second-order valence-corrected chi connectivity index (χ2v) is 6.99. The molecule has 0 aliphatic carbocycles. The van der Waals surface area contributed by atoms with E-state index in [1.807, 2.05) is 13.2 Å². The molecule has 0 aromatic heterocycles. The number of nitrogen functional groups attached to an aromatic ring is 1. The largest absolute Gasteiger partial charge is 0.492 e. The van der Waals surface area contributed by atoms with E-state index < -0.39 is 10.0 Å². The Hall–Kier alpha value is -0.920. The fourth-order valence-electron chi connectivity index (χ4n) is 1.48. The number of sulfonamides is 1. The first-order valence-corrected chi connectivity index (χ1v) is 8.95. The smallest absolute Gasteiger partial charge is 0.215 e. The van der Waals surface area contributed by atoms with Crippen LogP contribution in [0, 0.1) is 0 Å². The zero-order valence-corrected chi connectivity index (χ0v) is 12.8. The number of nitrogens with two attached hydrogens (primary N) is 1. The van der Waals surface area contributed by atoms with Crippen molar-refractivity contribution < 1.29 is 13.2 Å². The van der Waals surface area contributed by atoms with Crippen LogP contribution < -0.4 is 15.2 Å². The van der Waals surface area contributed by atoms with Crippen molar-refractivity contribution in [1.82, 2.24) is 4.72 Å². The second-order valence-electron chi connectivity index (χ2n) is 4.21. The minimum atomic E-state index is -3.29. The van der Waals surface area contributed by atoms with Crippen LogP contribution in [0.2, 0.25) is 0 Å². The van der Waals surface area contributed by atoms with E-state index in [1.165, 1.54) is 0 Å². The van der Waals surface area contributed by atoms with Crippen LogP contribution in [0.25, 0.3) is 0 Å². The molecule has 0 bridgehead atoms. The third-order valence-corrected chi connectivity index (χ3v) is 4.60. The molecule has 0 heterocycles. The maximum atomic E-state index is 11.7. The molecule has 0 saturated carbocycles. The Bertz CT molecular complexity index is 474. The van der Waals surface area contributed by atoms with E-state index >= 15 is 0 Å². The van der Waals surface area contributed by atoms with Crippen molar-refractivity contribution in [3.05, 3.63) is 24.3 Å². The Morgan fingerprint density at radius 3 is 2.58 bits per heavy atom.